The van der Waals surface area contributed by atoms with Crippen molar-refractivity contribution in [3.8, 4) is 17.0 Å². The Morgan fingerprint density at radius 3 is 2.28 bits per heavy atom. The summed E-state index contributed by atoms with van der Waals surface area (Å²) in [6.45, 7) is 1.45. The Kier molecular flexibility index (Phi) is 7.83. The number of pyridine rings is 1. The van der Waals surface area contributed by atoms with Crippen LogP contribution in [-0.4, -0.2) is 40.3 Å². The Hall–Kier alpha value is -4.37. The summed E-state index contributed by atoms with van der Waals surface area (Å²) in [5.74, 6) is -2.15. The number of amides is 2. The second-order valence-corrected chi connectivity index (χ2v) is 11.9. The molecule has 9 heteroatoms. The van der Waals surface area contributed by atoms with Gasteiger partial charge in [0.15, 0.2) is 6.61 Å². The van der Waals surface area contributed by atoms with Crippen molar-refractivity contribution in [1.82, 2.24) is 4.98 Å². The van der Waals surface area contributed by atoms with Gasteiger partial charge in [-0.15, -0.1) is 0 Å². The van der Waals surface area contributed by atoms with Crippen LogP contribution in [0.15, 0.2) is 71.2 Å². The van der Waals surface area contributed by atoms with Crippen molar-refractivity contribution < 1.29 is 29.0 Å². The molecule has 6 rings (SSSR count). The summed E-state index contributed by atoms with van der Waals surface area (Å²) < 4.78 is 6.22. The van der Waals surface area contributed by atoms with Gasteiger partial charge < -0.3 is 9.84 Å². The van der Waals surface area contributed by atoms with E-state index in [1.807, 2.05) is 13.0 Å². The third kappa shape index (κ3) is 5.33. The van der Waals surface area contributed by atoms with Crippen LogP contribution in [0.3, 0.4) is 0 Å². The Labute approximate surface area is 256 Å². The van der Waals surface area contributed by atoms with Crippen LogP contribution in [0, 0.1) is 11.8 Å². The van der Waals surface area contributed by atoms with E-state index in [4.69, 9.17) is 9.72 Å². The SMILES string of the molecule is CCc1cc(Br)cc2c(C(=O)OCC(=O)c3ccccc3O)cc(-c3ccc(N4C(=O)C5CCCCC5C4=O)cc3)nc12. The fourth-order valence-electron chi connectivity index (χ4n) is 6.14. The van der Waals surface area contributed by atoms with E-state index in [1.165, 1.54) is 17.0 Å². The highest BCUT2D eigenvalue weighted by Crippen LogP contribution is 2.40. The van der Waals surface area contributed by atoms with Crippen molar-refractivity contribution >= 4 is 56.1 Å². The molecule has 1 saturated heterocycles. The molecule has 43 heavy (non-hydrogen) atoms. The monoisotopic (exact) mass is 640 g/mol. The van der Waals surface area contributed by atoms with E-state index in [1.54, 1.807) is 48.5 Å². The van der Waals surface area contributed by atoms with E-state index in [-0.39, 0.29) is 40.5 Å². The normalized spacial score (nSPS) is 18.1. The van der Waals surface area contributed by atoms with E-state index in [0.29, 0.717) is 34.3 Å². The summed E-state index contributed by atoms with van der Waals surface area (Å²) >= 11 is 3.52. The number of carbonyl (C=O) groups is 4. The molecule has 4 aromatic rings. The van der Waals surface area contributed by atoms with E-state index in [2.05, 4.69) is 15.9 Å². The Balaban J connectivity index is 1.33. The van der Waals surface area contributed by atoms with Crippen LogP contribution in [0.2, 0.25) is 0 Å². The minimum Gasteiger partial charge on any atom is -0.507 e. The van der Waals surface area contributed by atoms with E-state index >= 15 is 0 Å². The number of nitrogens with zero attached hydrogens (tertiary/aromatic N) is 2. The number of halogens is 1. The molecule has 0 bridgehead atoms. The number of aromatic nitrogens is 1. The molecular formula is C34H29BrN2O6. The summed E-state index contributed by atoms with van der Waals surface area (Å²) in [4.78, 5) is 58.5. The number of para-hydroxylation sites is 1. The number of esters is 1. The summed E-state index contributed by atoms with van der Waals surface area (Å²) in [6, 6.07) is 18.5. The number of ether oxygens (including phenoxy) is 1. The molecule has 8 nitrogen and oxygen atoms in total. The lowest BCUT2D eigenvalue weighted by Gasteiger charge is -2.19. The average Bonchev–Trinajstić information content (AvgIpc) is 3.28. The smallest absolute Gasteiger partial charge is 0.339 e. The highest BCUT2D eigenvalue weighted by atomic mass is 79.9. The van der Waals surface area contributed by atoms with Gasteiger partial charge in [-0.2, -0.15) is 0 Å². The van der Waals surface area contributed by atoms with Gasteiger partial charge in [-0.25, -0.2) is 9.78 Å². The number of carbonyl (C=O) groups excluding carboxylic acids is 4. The molecule has 1 aromatic heterocycles. The second kappa shape index (κ2) is 11.7. The number of benzene rings is 3. The molecule has 1 aliphatic heterocycles. The number of hydrogen-bond acceptors (Lipinski definition) is 7. The van der Waals surface area contributed by atoms with E-state index < -0.39 is 18.4 Å². The summed E-state index contributed by atoms with van der Waals surface area (Å²) in [7, 11) is 0. The van der Waals surface area contributed by atoms with Gasteiger partial charge in [0.25, 0.3) is 0 Å². The van der Waals surface area contributed by atoms with Crippen molar-refractivity contribution in [2.45, 2.75) is 39.0 Å². The minimum atomic E-state index is -0.704. The molecule has 2 heterocycles. The lowest BCUT2D eigenvalue weighted by atomic mass is 9.81. The first-order valence-electron chi connectivity index (χ1n) is 14.4. The third-order valence-corrected chi connectivity index (χ3v) is 8.82. The standard InChI is InChI=1S/C34H29BrN2O6/c1-2-19-15-21(35)16-26-27(34(42)43-18-30(39)25-9-5-6-10-29(25)38)17-28(36-31(19)26)20-11-13-22(14-12-20)37-32(40)23-7-3-4-8-24(23)33(37)41/h5-6,9-17,23-24,38H,2-4,7-8,18H2,1H3. The van der Waals surface area contributed by atoms with Crippen LogP contribution in [-0.2, 0) is 20.7 Å². The van der Waals surface area contributed by atoms with Gasteiger partial charge in [-0.1, -0.05) is 60.0 Å². The Morgan fingerprint density at radius 1 is 0.953 bits per heavy atom. The molecule has 0 spiro atoms. The first-order chi connectivity index (χ1) is 20.8. The predicted octanol–water partition coefficient (Wildman–Crippen LogP) is 6.65. The third-order valence-electron chi connectivity index (χ3n) is 8.36. The van der Waals surface area contributed by atoms with Crippen molar-refractivity contribution in [2.24, 2.45) is 11.8 Å². The fourth-order valence-corrected chi connectivity index (χ4v) is 6.65. The maximum absolute atomic E-state index is 13.4. The molecule has 2 amide bonds. The Bertz CT molecular complexity index is 1760. The number of imide groups is 1. The van der Waals surface area contributed by atoms with E-state index in [0.717, 1.165) is 35.7 Å². The number of aromatic hydroxyl groups is 1. The highest BCUT2D eigenvalue weighted by Gasteiger charge is 2.48. The number of fused-ring (bicyclic) bond motifs is 2. The minimum absolute atomic E-state index is 0.0703. The number of phenolic OH excluding ortho intramolecular Hbond substituents is 1. The molecule has 1 saturated carbocycles. The lowest BCUT2D eigenvalue weighted by molar-refractivity contribution is -0.122. The number of ketones is 1. The molecule has 3 aromatic carbocycles. The van der Waals surface area contributed by atoms with Crippen LogP contribution >= 0.6 is 15.9 Å². The molecule has 1 aliphatic carbocycles. The van der Waals surface area contributed by atoms with Gasteiger partial charge in [-0.3, -0.25) is 19.3 Å². The predicted molar refractivity (Wildman–Crippen MR) is 165 cm³/mol. The van der Waals surface area contributed by atoms with Gasteiger partial charge in [0.2, 0.25) is 17.6 Å². The summed E-state index contributed by atoms with van der Waals surface area (Å²) in [5.41, 5.74) is 3.56. The van der Waals surface area contributed by atoms with Gasteiger partial charge in [0.1, 0.15) is 5.75 Å². The first-order valence-corrected chi connectivity index (χ1v) is 15.2. The Morgan fingerprint density at radius 2 is 1.63 bits per heavy atom. The molecule has 218 valence electrons. The van der Waals surface area contributed by atoms with Crippen LogP contribution in [0.5, 0.6) is 5.75 Å². The van der Waals surface area contributed by atoms with Crippen LogP contribution < -0.4 is 4.90 Å². The zero-order valence-corrected chi connectivity index (χ0v) is 25.1. The summed E-state index contributed by atoms with van der Waals surface area (Å²) in [5, 5.41) is 10.6. The molecule has 2 fully saturated rings. The first kappa shape index (κ1) is 28.7. The van der Waals surface area contributed by atoms with Gasteiger partial charge in [0, 0.05) is 15.4 Å². The number of hydrogen-bond donors (Lipinski definition) is 1. The maximum atomic E-state index is 13.4. The highest BCUT2D eigenvalue weighted by molar-refractivity contribution is 9.10. The van der Waals surface area contributed by atoms with Crippen LogP contribution in [0.25, 0.3) is 22.2 Å². The largest absolute Gasteiger partial charge is 0.507 e. The van der Waals surface area contributed by atoms with Gasteiger partial charge in [-0.05, 0) is 67.3 Å². The fraction of sp³-hybridized carbons (Fsp3) is 0.265. The van der Waals surface area contributed by atoms with Crippen molar-refractivity contribution in [1.29, 1.82) is 0 Å². The summed E-state index contributed by atoms with van der Waals surface area (Å²) in [6.07, 6.45) is 4.08. The second-order valence-electron chi connectivity index (χ2n) is 10.9. The molecule has 0 radical (unpaired) electrons. The number of rotatable bonds is 7. The van der Waals surface area contributed by atoms with Crippen molar-refractivity contribution in [2.75, 3.05) is 11.5 Å². The molecule has 2 atom stereocenters. The van der Waals surface area contributed by atoms with Gasteiger partial charge in [0.05, 0.1) is 39.9 Å². The average molecular weight is 642 g/mol. The number of anilines is 1. The topological polar surface area (TPSA) is 114 Å². The van der Waals surface area contributed by atoms with Crippen molar-refractivity contribution in [3.63, 3.8) is 0 Å². The van der Waals surface area contributed by atoms with Crippen LogP contribution in [0.1, 0.15) is 58.9 Å². The zero-order chi connectivity index (χ0) is 30.2. The lowest BCUT2D eigenvalue weighted by Crippen LogP contribution is -2.30. The molecular weight excluding hydrogens is 612 g/mol. The molecule has 2 aliphatic rings. The molecule has 2 unspecified atom stereocenters. The molecule has 1 N–H and O–H groups in total. The van der Waals surface area contributed by atoms with Gasteiger partial charge >= 0.3 is 5.97 Å². The van der Waals surface area contributed by atoms with E-state index in [9.17, 15) is 24.3 Å². The quantitative estimate of drug-likeness (QED) is 0.137. The number of aryl methyl sites for hydroxylation is 1. The van der Waals surface area contributed by atoms with Crippen molar-refractivity contribution in [3.05, 3.63) is 87.9 Å². The number of phenols is 1. The van der Waals surface area contributed by atoms with Crippen LogP contribution in [0.4, 0.5) is 5.69 Å². The zero-order valence-electron chi connectivity index (χ0n) is 23.5. The maximum Gasteiger partial charge on any atom is 0.339 e. The number of Topliss-reactive ketones (excluding diaryl/α,β-unsaturated/α-hetero) is 1.